The third-order valence-electron chi connectivity index (χ3n) is 4.23. The van der Waals surface area contributed by atoms with E-state index < -0.39 is 10.0 Å². The lowest BCUT2D eigenvalue weighted by molar-refractivity contribution is 0.578. The van der Waals surface area contributed by atoms with Crippen molar-refractivity contribution in [2.24, 2.45) is 0 Å². The molecule has 1 fully saturated rings. The van der Waals surface area contributed by atoms with E-state index in [1.54, 1.807) is 12.1 Å². The van der Waals surface area contributed by atoms with Crippen LogP contribution in [0.4, 0.5) is 11.4 Å². The van der Waals surface area contributed by atoms with Crippen LogP contribution < -0.4 is 9.62 Å². The smallest absolute Gasteiger partial charge is 0.262 e. The molecule has 0 aliphatic carbocycles. The van der Waals surface area contributed by atoms with Crippen LogP contribution in [0, 0.1) is 6.92 Å². The molecule has 1 N–H and O–H groups in total. The zero-order valence-electron chi connectivity index (χ0n) is 13.3. The molecular weight excluding hydrogens is 308 g/mol. The summed E-state index contributed by atoms with van der Waals surface area (Å²) in [5.74, 6) is 0. The number of hydrogen-bond donors (Lipinski definition) is 1. The molecule has 1 aliphatic rings. The van der Waals surface area contributed by atoms with E-state index >= 15 is 0 Å². The molecule has 0 unspecified atom stereocenters. The quantitative estimate of drug-likeness (QED) is 0.928. The van der Waals surface area contributed by atoms with Crippen LogP contribution in [0.2, 0.25) is 0 Å². The van der Waals surface area contributed by atoms with E-state index in [2.05, 4.69) is 9.62 Å². The molecular formula is C18H22N2O2S. The van der Waals surface area contributed by atoms with Crippen molar-refractivity contribution >= 4 is 21.4 Å². The lowest BCUT2D eigenvalue weighted by Gasteiger charge is -2.30. The predicted molar refractivity (Wildman–Crippen MR) is 94.5 cm³/mol. The number of sulfonamides is 1. The van der Waals surface area contributed by atoms with Crippen molar-refractivity contribution in [3.8, 4) is 0 Å². The summed E-state index contributed by atoms with van der Waals surface area (Å²) in [7, 11) is -3.58. The van der Waals surface area contributed by atoms with Crippen LogP contribution in [-0.2, 0) is 10.0 Å². The van der Waals surface area contributed by atoms with Gasteiger partial charge in [-0.05, 0) is 49.9 Å². The summed E-state index contributed by atoms with van der Waals surface area (Å²) in [5.41, 5.74) is 2.36. The fourth-order valence-electron chi connectivity index (χ4n) is 3.03. The Morgan fingerprint density at radius 1 is 0.913 bits per heavy atom. The van der Waals surface area contributed by atoms with Crippen molar-refractivity contribution < 1.29 is 8.42 Å². The maximum absolute atomic E-state index is 12.7. The molecule has 0 bridgehead atoms. The first-order valence-electron chi connectivity index (χ1n) is 8.00. The van der Waals surface area contributed by atoms with Crippen LogP contribution >= 0.6 is 0 Å². The number of para-hydroxylation sites is 2. The van der Waals surface area contributed by atoms with Crippen LogP contribution in [0.1, 0.15) is 24.8 Å². The highest BCUT2D eigenvalue weighted by Gasteiger charge is 2.20. The van der Waals surface area contributed by atoms with Crippen molar-refractivity contribution in [3.63, 3.8) is 0 Å². The summed E-state index contributed by atoms with van der Waals surface area (Å²) in [6.45, 7) is 3.76. The molecule has 0 radical (unpaired) electrons. The highest BCUT2D eigenvalue weighted by Crippen LogP contribution is 2.30. The summed E-state index contributed by atoms with van der Waals surface area (Å²) in [6, 6.07) is 14.7. The largest absolute Gasteiger partial charge is 0.370 e. The fourth-order valence-corrected chi connectivity index (χ4v) is 4.35. The zero-order valence-corrected chi connectivity index (χ0v) is 14.1. The molecule has 2 aromatic carbocycles. The average molecular weight is 330 g/mol. The molecule has 23 heavy (non-hydrogen) atoms. The first-order chi connectivity index (χ1) is 11.1. The molecule has 0 aromatic heterocycles. The van der Waals surface area contributed by atoms with E-state index in [9.17, 15) is 8.42 Å². The molecule has 0 saturated carbocycles. The Hall–Kier alpha value is -2.01. The van der Waals surface area contributed by atoms with Gasteiger partial charge >= 0.3 is 0 Å². The average Bonchev–Trinajstić information content (AvgIpc) is 2.56. The van der Waals surface area contributed by atoms with Gasteiger partial charge in [0.25, 0.3) is 10.0 Å². The minimum Gasteiger partial charge on any atom is -0.370 e. The lowest BCUT2D eigenvalue weighted by Crippen LogP contribution is -2.30. The van der Waals surface area contributed by atoms with Gasteiger partial charge < -0.3 is 4.90 Å². The van der Waals surface area contributed by atoms with Gasteiger partial charge in [0.2, 0.25) is 0 Å². The lowest BCUT2D eigenvalue weighted by atomic mass is 10.1. The third kappa shape index (κ3) is 3.50. The van der Waals surface area contributed by atoms with Gasteiger partial charge in [0.05, 0.1) is 16.3 Å². The molecule has 4 nitrogen and oxygen atoms in total. The van der Waals surface area contributed by atoms with Gasteiger partial charge in [0.15, 0.2) is 0 Å². The summed E-state index contributed by atoms with van der Waals surface area (Å²) < 4.78 is 28.2. The van der Waals surface area contributed by atoms with Gasteiger partial charge in [-0.3, -0.25) is 4.72 Å². The number of piperidine rings is 1. The second-order valence-electron chi connectivity index (χ2n) is 5.94. The van der Waals surface area contributed by atoms with Crippen molar-refractivity contribution in [2.45, 2.75) is 31.1 Å². The van der Waals surface area contributed by atoms with Crippen LogP contribution in [0.3, 0.4) is 0 Å². The molecule has 0 spiro atoms. The van der Waals surface area contributed by atoms with Crippen molar-refractivity contribution in [1.82, 2.24) is 0 Å². The Bertz CT molecular complexity index is 781. The fraction of sp³-hybridized carbons (Fsp3) is 0.333. The number of nitrogens with zero attached hydrogens (tertiary/aromatic N) is 1. The van der Waals surface area contributed by atoms with E-state index in [0.717, 1.165) is 37.2 Å². The van der Waals surface area contributed by atoms with Crippen LogP contribution in [0.15, 0.2) is 53.4 Å². The van der Waals surface area contributed by atoms with Crippen LogP contribution in [0.5, 0.6) is 0 Å². The number of anilines is 2. The van der Waals surface area contributed by atoms with Gasteiger partial charge in [-0.15, -0.1) is 0 Å². The molecule has 3 rings (SSSR count). The summed E-state index contributed by atoms with van der Waals surface area (Å²) in [5, 5.41) is 0. The minimum atomic E-state index is -3.58. The van der Waals surface area contributed by atoms with E-state index in [0.29, 0.717) is 10.6 Å². The maximum Gasteiger partial charge on any atom is 0.262 e. The Morgan fingerprint density at radius 3 is 2.30 bits per heavy atom. The van der Waals surface area contributed by atoms with Crippen molar-refractivity contribution in [2.75, 3.05) is 22.7 Å². The highest BCUT2D eigenvalue weighted by molar-refractivity contribution is 7.92. The van der Waals surface area contributed by atoms with Crippen molar-refractivity contribution in [1.29, 1.82) is 0 Å². The number of nitrogens with one attached hydrogen (secondary N) is 1. The van der Waals surface area contributed by atoms with Crippen molar-refractivity contribution in [3.05, 3.63) is 54.1 Å². The van der Waals surface area contributed by atoms with Gasteiger partial charge in [-0.1, -0.05) is 30.3 Å². The normalized spacial score (nSPS) is 15.4. The molecule has 0 atom stereocenters. The maximum atomic E-state index is 12.7. The van der Waals surface area contributed by atoms with Crippen LogP contribution in [0.25, 0.3) is 0 Å². The number of rotatable bonds is 4. The second-order valence-corrected chi connectivity index (χ2v) is 7.59. The van der Waals surface area contributed by atoms with Crippen LogP contribution in [-0.4, -0.2) is 21.5 Å². The predicted octanol–water partition coefficient (Wildman–Crippen LogP) is 3.79. The molecule has 1 heterocycles. The van der Waals surface area contributed by atoms with Gasteiger partial charge in [0.1, 0.15) is 0 Å². The first kappa shape index (κ1) is 15.9. The van der Waals surface area contributed by atoms with E-state index in [-0.39, 0.29) is 0 Å². The minimum absolute atomic E-state index is 0.327. The standard InChI is InChI=1S/C18H22N2O2S/c1-15-9-3-6-12-18(15)23(21,22)19-16-10-4-5-11-17(16)20-13-7-2-8-14-20/h3-6,9-12,19H,2,7-8,13-14H2,1H3. The first-order valence-corrected chi connectivity index (χ1v) is 9.49. The zero-order chi connectivity index (χ0) is 16.3. The molecule has 0 amide bonds. The van der Waals surface area contributed by atoms with E-state index in [1.807, 2.05) is 43.3 Å². The molecule has 5 heteroatoms. The molecule has 2 aromatic rings. The van der Waals surface area contributed by atoms with Gasteiger partial charge in [0, 0.05) is 13.1 Å². The third-order valence-corrected chi connectivity index (χ3v) is 5.75. The topological polar surface area (TPSA) is 49.4 Å². The van der Waals surface area contributed by atoms with Gasteiger partial charge in [-0.2, -0.15) is 0 Å². The molecule has 122 valence electrons. The Balaban J connectivity index is 1.92. The molecule has 1 saturated heterocycles. The Kier molecular flexibility index (Phi) is 4.57. The second kappa shape index (κ2) is 6.62. The Labute approximate surface area is 138 Å². The Morgan fingerprint density at radius 2 is 1.57 bits per heavy atom. The van der Waals surface area contributed by atoms with Gasteiger partial charge in [-0.25, -0.2) is 8.42 Å². The number of benzene rings is 2. The number of aryl methyl sites for hydroxylation is 1. The molecule has 1 aliphatic heterocycles. The summed E-state index contributed by atoms with van der Waals surface area (Å²) in [6.07, 6.45) is 3.55. The summed E-state index contributed by atoms with van der Waals surface area (Å²) >= 11 is 0. The van der Waals surface area contributed by atoms with E-state index in [1.165, 1.54) is 6.42 Å². The van der Waals surface area contributed by atoms with E-state index in [4.69, 9.17) is 0 Å². The SMILES string of the molecule is Cc1ccccc1S(=O)(=O)Nc1ccccc1N1CCCCC1. The summed E-state index contributed by atoms with van der Waals surface area (Å²) in [4.78, 5) is 2.59. The number of hydrogen-bond acceptors (Lipinski definition) is 3. The highest BCUT2D eigenvalue weighted by atomic mass is 32.2. The monoisotopic (exact) mass is 330 g/mol.